The second-order valence-corrected chi connectivity index (χ2v) is 5.97. The van der Waals surface area contributed by atoms with Gasteiger partial charge in [-0.2, -0.15) is 4.68 Å². The topological polar surface area (TPSA) is 69.6 Å². The van der Waals surface area contributed by atoms with Crippen molar-refractivity contribution < 1.29 is 4.39 Å². The van der Waals surface area contributed by atoms with Gasteiger partial charge in [-0.05, 0) is 72.6 Å². The summed E-state index contributed by atoms with van der Waals surface area (Å²) in [5, 5.41) is 11.6. The number of nitrogens with zero attached hydrogens (tertiary/aromatic N) is 4. The summed E-state index contributed by atoms with van der Waals surface area (Å²) >= 11 is 6.92. The zero-order valence-corrected chi connectivity index (χ0v) is 13.6. The van der Waals surface area contributed by atoms with Gasteiger partial charge in [-0.1, -0.05) is 6.07 Å². The molecular weight excluding hydrogens is 405 g/mol. The van der Waals surface area contributed by atoms with Gasteiger partial charge in [0.1, 0.15) is 5.82 Å². The molecule has 0 unspecified atom stereocenters. The molecule has 3 aromatic rings. The van der Waals surface area contributed by atoms with E-state index in [-0.39, 0.29) is 0 Å². The van der Waals surface area contributed by atoms with Crippen LogP contribution in [0, 0.1) is 5.82 Å². The van der Waals surface area contributed by atoms with Crippen molar-refractivity contribution in [1.82, 2.24) is 20.2 Å². The molecule has 106 valence electrons. The highest BCUT2D eigenvalue weighted by atomic mass is 79.9. The van der Waals surface area contributed by atoms with E-state index in [9.17, 15) is 4.39 Å². The normalized spacial score (nSPS) is 10.8. The molecule has 0 saturated heterocycles. The third-order valence-electron chi connectivity index (χ3n) is 2.80. The number of para-hydroxylation sites is 1. The number of tetrazole rings is 1. The minimum atomic E-state index is -0.439. The standard InChI is InChI=1S/C13H8Br2FN5/c14-10-2-1-3-11(15)12(10)21-13(18-19-20-21)7-4-8(16)6-9(17)5-7/h1-6H,17H2. The number of aromatic nitrogens is 4. The SMILES string of the molecule is Nc1cc(F)cc(-c2nnnn2-c2c(Br)cccc2Br)c1. The van der Waals surface area contributed by atoms with Gasteiger partial charge >= 0.3 is 0 Å². The van der Waals surface area contributed by atoms with Crippen LogP contribution in [0.1, 0.15) is 0 Å². The van der Waals surface area contributed by atoms with Crippen molar-refractivity contribution >= 4 is 37.5 Å². The zero-order valence-electron chi connectivity index (χ0n) is 10.5. The minimum absolute atomic E-state index is 0.311. The predicted octanol–water partition coefficient (Wildman–Crippen LogP) is 3.58. The molecule has 2 aromatic carbocycles. The van der Waals surface area contributed by atoms with Crippen molar-refractivity contribution in [2.45, 2.75) is 0 Å². The fraction of sp³-hybridized carbons (Fsp3) is 0. The van der Waals surface area contributed by atoms with Gasteiger partial charge in [0, 0.05) is 20.2 Å². The first kappa shape index (κ1) is 14.2. The highest BCUT2D eigenvalue weighted by Gasteiger charge is 2.16. The Morgan fingerprint density at radius 2 is 1.81 bits per heavy atom. The molecule has 2 N–H and O–H groups in total. The quantitative estimate of drug-likeness (QED) is 0.653. The molecule has 0 bridgehead atoms. The average molecular weight is 413 g/mol. The van der Waals surface area contributed by atoms with E-state index < -0.39 is 5.82 Å². The molecule has 0 fully saturated rings. The molecule has 0 spiro atoms. The van der Waals surface area contributed by atoms with E-state index >= 15 is 0 Å². The lowest BCUT2D eigenvalue weighted by Crippen LogP contribution is -2.02. The number of hydrogen-bond donors (Lipinski definition) is 1. The fourth-order valence-corrected chi connectivity index (χ4v) is 3.28. The van der Waals surface area contributed by atoms with Crippen molar-refractivity contribution in [2.75, 3.05) is 5.73 Å². The summed E-state index contributed by atoms with van der Waals surface area (Å²) in [6, 6.07) is 9.81. The number of rotatable bonds is 2. The van der Waals surface area contributed by atoms with E-state index in [1.54, 1.807) is 6.07 Å². The van der Waals surface area contributed by atoms with Crippen LogP contribution in [0.3, 0.4) is 0 Å². The summed E-state index contributed by atoms with van der Waals surface area (Å²) in [6.45, 7) is 0. The summed E-state index contributed by atoms with van der Waals surface area (Å²) in [5.41, 5.74) is 7.21. The summed E-state index contributed by atoms with van der Waals surface area (Å²) in [7, 11) is 0. The molecule has 5 nitrogen and oxygen atoms in total. The number of anilines is 1. The van der Waals surface area contributed by atoms with E-state index in [4.69, 9.17) is 5.73 Å². The van der Waals surface area contributed by atoms with Crippen LogP contribution >= 0.6 is 31.9 Å². The first-order chi connectivity index (χ1) is 10.1. The number of hydrogen-bond acceptors (Lipinski definition) is 4. The minimum Gasteiger partial charge on any atom is -0.399 e. The van der Waals surface area contributed by atoms with Gasteiger partial charge in [0.15, 0.2) is 5.82 Å². The molecule has 0 aliphatic rings. The average Bonchev–Trinajstić information content (AvgIpc) is 2.86. The van der Waals surface area contributed by atoms with E-state index in [2.05, 4.69) is 47.4 Å². The van der Waals surface area contributed by atoms with Crippen LogP contribution in [-0.2, 0) is 0 Å². The number of halogens is 3. The van der Waals surface area contributed by atoms with Gasteiger partial charge in [-0.25, -0.2) is 4.39 Å². The zero-order chi connectivity index (χ0) is 15.0. The lowest BCUT2D eigenvalue weighted by atomic mass is 10.2. The first-order valence-corrected chi connectivity index (χ1v) is 7.44. The second-order valence-electron chi connectivity index (χ2n) is 4.26. The van der Waals surface area contributed by atoms with Crippen LogP contribution in [0.25, 0.3) is 17.1 Å². The lowest BCUT2D eigenvalue weighted by Gasteiger charge is -2.09. The number of benzene rings is 2. The molecular formula is C13H8Br2FN5. The number of nitrogens with two attached hydrogens (primary N) is 1. The molecule has 0 aliphatic heterocycles. The van der Waals surface area contributed by atoms with Gasteiger partial charge in [0.2, 0.25) is 0 Å². The van der Waals surface area contributed by atoms with Crippen molar-refractivity contribution in [2.24, 2.45) is 0 Å². The van der Waals surface area contributed by atoms with Crippen molar-refractivity contribution in [1.29, 1.82) is 0 Å². The van der Waals surface area contributed by atoms with Gasteiger partial charge < -0.3 is 5.73 Å². The Labute approximate surface area is 136 Å². The first-order valence-electron chi connectivity index (χ1n) is 5.85. The summed E-state index contributed by atoms with van der Waals surface area (Å²) in [6.07, 6.45) is 0. The van der Waals surface area contributed by atoms with Crippen molar-refractivity contribution in [3.05, 3.63) is 51.2 Å². The Morgan fingerprint density at radius 3 is 2.48 bits per heavy atom. The Balaban J connectivity index is 2.22. The highest BCUT2D eigenvalue weighted by Crippen LogP contribution is 2.31. The third-order valence-corrected chi connectivity index (χ3v) is 4.08. The Hall–Kier alpha value is -1.80. The van der Waals surface area contributed by atoms with Gasteiger partial charge in [-0.3, -0.25) is 0 Å². The largest absolute Gasteiger partial charge is 0.399 e. The molecule has 21 heavy (non-hydrogen) atoms. The molecule has 1 aromatic heterocycles. The lowest BCUT2D eigenvalue weighted by molar-refractivity contribution is 0.628. The maximum Gasteiger partial charge on any atom is 0.187 e. The van der Waals surface area contributed by atoms with Crippen LogP contribution in [0.4, 0.5) is 10.1 Å². The fourth-order valence-electron chi connectivity index (χ4n) is 1.95. The van der Waals surface area contributed by atoms with Crippen LogP contribution in [0.5, 0.6) is 0 Å². The van der Waals surface area contributed by atoms with Crippen LogP contribution in [0.2, 0.25) is 0 Å². The third kappa shape index (κ3) is 2.68. The summed E-state index contributed by atoms with van der Waals surface area (Å²) in [5.74, 6) is -0.0421. The number of nitrogen functional groups attached to an aromatic ring is 1. The van der Waals surface area contributed by atoms with Gasteiger partial charge in [0.25, 0.3) is 0 Å². The summed E-state index contributed by atoms with van der Waals surface area (Å²) in [4.78, 5) is 0. The van der Waals surface area contributed by atoms with Crippen LogP contribution in [0.15, 0.2) is 45.3 Å². The highest BCUT2D eigenvalue weighted by molar-refractivity contribution is 9.11. The molecule has 0 saturated carbocycles. The van der Waals surface area contributed by atoms with E-state index in [0.717, 1.165) is 14.6 Å². The predicted molar refractivity (Wildman–Crippen MR) is 84.4 cm³/mol. The molecule has 8 heteroatoms. The van der Waals surface area contributed by atoms with Gasteiger partial charge in [-0.15, -0.1) is 5.10 Å². The molecule has 0 radical (unpaired) electrons. The molecule has 0 amide bonds. The molecule has 0 aliphatic carbocycles. The Bertz CT molecular complexity index is 778. The van der Waals surface area contributed by atoms with Gasteiger partial charge in [0.05, 0.1) is 5.69 Å². The van der Waals surface area contributed by atoms with E-state index in [1.807, 2.05) is 18.2 Å². The molecule has 0 atom stereocenters. The monoisotopic (exact) mass is 411 g/mol. The van der Waals surface area contributed by atoms with Crippen LogP contribution in [-0.4, -0.2) is 20.2 Å². The van der Waals surface area contributed by atoms with Crippen molar-refractivity contribution in [3.63, 3.8) is 0 Å². The second kappa shape index (κ2) is 5.53. The van der Waals surface area contributed by atoms with Crippen molar-refractivity contribution in [3.8, 4) is 17.1 Å². The Morgan fingerprint density at radius 1 is 1.10 bits per heavy atom. The summed E-state index contributed by atoms with van der Waals surface area (Å²) < 4.78 is 16.7. The molecule has 1 heterocycles. The smallest absolute Gasteiger partial charge is 0.187 e. The van der Waals surface area contributed by atoms with E-state index in [1.165, 1.54) is 16.8 Å². The molecule has 3 rings (SSSR count). The maximum atomic E-state index is 13.5. The van der Waals surface area contributed by atoms with E-state index in [0.29, 0.717) is 17.1 Å². The maximum absolute atomic E-state index is 13.5. The van der Waals surface area contributed by atoms with Crippen LogP contribution < -0.4 is 5.73 Å². The Kier molecular flexibility index (Phi) is 3.73.